The summed E-state index contributed by atoms with van der Waals surface area (Å²) in [7, 11) is 0. The minimum Gasteiger partial charge on any atom is -0.454 e. The number of rotatable bonds is 2. The van der Waals surface area contributed by atoms with Gasteiger partial charge in [0.05, 0.1) is 5.02 Å². The van der Waals surface area contributed by atoms with Crippen molar-refractivity contribution in [1.82, 2.24) is 4.98 Å². The van der Waals surface area contributed by atoms with E-state index < -0.39 is 0 Å². The van der Waals surface area contributed by atoms with Crippen molar-refractivity contribution in [2.24, 2.45) is 0 Å². The van der Waals surface area contributed by atoms with Crippen LogP contribution < -0.4 is 10.5 Å². The van der Waals surface area contributed by atoms with Crippen LogP contribution in [-0.2, 0) is 0 Å². The SMILES string of the molecule is Cc1ccc(Oc2ccc(N)c3cc(Br)cnc23)c(Cl)c1. The molecule has 3 aromatic rings. The van der Waals surface area contributed by atoms with Crippen molar-refractivity contribution in [1.29, 1.82) is 0 Å². The Balaban J connectivity index is 2.11. The average Bonchev–Trinajstić information content (AvgIpc) is 2.45. The fourth-order valence-electron chi connectivity index (χ4n) is 2.08. The lowest BCUT2D eigenvalue weighted by Gasteiger charge is -2.11. The van der Waals surface area contributed by atoms with Crippen molar-refractivity contribution < 1.29 is 4.74 Å². The molecule has 0 spiro atoms. The third-order valence-electron chi connectivity index (χ3n) is 3.12. The highest BCUT2D eigenvalue weighted by Gasteiger charge is 2.10. The number of fused-ring (bicyclic) bond motifs is 1. The second kappa shape index (κ2) is 5.54. The van der Waals surface area contributed by atoms with Crippen molar-refractivity contribution in [3.05, 3.63) is 57.7 Å². The van der Waals surface area contributed by atoms with Gasteiger partial charge in [-0.05, 0) is 58.7 Å². The van der Waals surface area contributed by atoms with Crippen LogP contribution in [0.15, 0.2) is 47.1 Å². The number of anilines is 1. The number of ether oxygens (including phenoxy) is 1. The molecule has 0 radical (unpaired) electrons. The van der Waals surface area contributed by atoms with Crippen LogP contribution in [0.5, 0.6) is 11.5 Å². The van der Waals surface area contributed by atoms with Gasteiger partial charge in [-0.1, -0.05) is 17.7 Å². The Morgan fingerprint density at radius 2 is 1.90 bits per heavy atom. The zero-order chi connectivity index (χ0) is 15.0. The van der Waals surface area contributed by atoms with Gasteiger partial charge in [0, 0.05) is 21.7 Å². The summed E-state index contributed by atoms with van der Waals surface area (Å²) in [5.74, 6) is 1.22. The largest absolute Gasteiger partial charge is 0.454 e. The van der Waals surface area contributed by atoms with E-state index in [0.29, 0.717) is 27.7 Å². The molecular formula is C16H12BrClN2O. The Hall–Kier alpha value is -1.78. The molecule has 106 valence electrons. The first-order valence-electron chi connectivity index (χ1n) is 6.32. The molecule has 1 heterocycles. The number of aromatic nitrogens is 1. The zero-order valence-electron chi connectivity index (χ0n) is 11.2. The lowest BCUT2D eigenvalue weighted by Crippen LogP contribution is -1.93. The van der Waals surface area contributed by atoms with Gasteiger partial charge < -0.3 is 10.5 Å². The van der Waals surface area contributed by atoms with E-state index in [1.807, 2.05) is 31.2 Å². The van der Waals surface area contributed by atoms with Crippen LogP contribution in [0.25, 0.3) is 10.9 Å². The topological polar surface area (TPSA) is 48.1 Å². The lowest BCUT2D eigenvalue weighted by atomic mass is 10.1. The maximum atomic E-state index is 6.21. The average molecular weight is 364 g/mol. The number of nitrogens with zero attached hydrogens (tertiary/aromatic N) is 1. The summed E-state index contributed by atoms with van der Waals surface area (Å²) in [5, 5.41) is 1.40. The van der Waals surface area contributed by atoms with Gasteiger partial charge in [-0.15, -0.1) is 0 Å². The van der Waals surface area contributed by atoms with Crippen molar-refractivity contribution >= 4 is 44.1 Å². The molecule has 0 atom stereocenters. The summed E-state index contributed by atoms with van der Waals surface area (Å²) in [6.45, 7) is 1.98. The Bertz CT molecular complexity index is 836. The van der Waals surface area contributed by atoms with Crippen LogP contribution in [0.2, 0.25) is 5.02 Å². The van der Waals surface area contributed by atoms with Crippen molar-refractivity contribution in [3.8, 4) is 11.5 Å². The van der Waals surface area contributed by atoms with Crippen LogP contribution in [0.1, 0.15) is 5.56 Å². The second-order valence-electron chi connectivity index (χ2n) is 4.74. The van der Waals surface area contributed by atoms with Gasteiger partial charge in [-0.2, -0.15) is 0 Å². The van der Waals surface area contributed by atoms with Gasteiger partial charge >= 0.3 is 0 Å². The van der Waals surface area contributed by atoms with Crippen LogP contribution >= 0.6 is 27.5 Å². The quantitative estimate of drug-likeness (QED) is 0.626. The minimum atomic E-state index is 0.567. The number of pyridine rings is 1. The van der Waals surface area contributed by atoms with Crippen molar-refractivity contribution in [2.45, 2.75) is 6.92 Å². The Kier molecular flexibility index (Phi) is 3.74. The van der Waals surface area contributed by atoms with Crippen LogP contribution in [0.3, 0.4) is 0 Å². The number of benzene rings is 2. The number of aryl methyl sites for hydroxylation is 1. The molecule has 3 rings (SSSR count). The number of halogens is 2. The van der Waals surface area contributed by atoms with Gasteiger partial charge in [0.1, 0.15) is 11.3 Å². The summed E-state index contributed by atoms with van der Waals surface area (Å²) in [6, 6.07) is 11.2. The predicted molar refractivity (Wildman–Crippen MR) is 90.1 cm³/mol. The van der Waals surface area contributed by atoms with Crippen LogP contribution in [0.4, 0.5) is 5.69 Å². The first-order chi connectivity index (χ1) is 10.0. The molecule has 0 aliphatic carbocycles. The predicted octanol–water partition coefficient (Wildman–Crippen LogP) is 5.33. The maximum Gasteiger partial charge on any atom is 0.153 e. The van der Waals surface area contributed by atoms with Gasteiger partial charge in [0.25, 0.3) is 0 Å². The van der Waals surface area contributed by atoms with E-state index >= 15 is 0 Å². The van der Waals surface area contributed by atoms with Crippen molar-refractivity contribution in [3.63, 3.8) is 0 Å². The molecule has 21 heavy (non-hydrogen) atoms. The molecule has 1 aromatic heterocycles. The Morgan fingerprint density at radius 1 is 1.14 bits per heavy atom. The molecule has 0 aliphatic rings. The molecule has 0 bridgehead atoms. The van der Waals surface area contributed by atoms with Crippen molar-refractivity contribution in [2.75, 3.05) is 5.73 Å². The van der Waals surface area contributed by atoms with E-state index in [1.165, 1.54) is 0 Å². The van der Waals surface area contributed by atoms with E-state index in [0.717, 1.165) is 15.4 Å². The fraction of sp³-hybridized carbons (Fsp3) is 0.0625. The van der Waals surface area contributed by atoms with E-state index in [1.54, 1.807) is 18.3 Å². The van der Waals surface area contributed by atoms with E-state index in [2.05, 4.69) is 20.9 Å². The van der Waals surface area contributed by atoms with Gasteiger partial charge in [0.15, 0.2) is 5.75 Å². The van der Waals surface area contributed by atoms with Crippen LogP contribution in [0, 0.1) is 6.92 Å². The highest BCUT2D eigenvalue weighted by molar-refractivity contribution is 9.10. The molecule has 0 saturated heterocycles. The number of nitrogen functional groups attached to an aromatic ring is 1. The van der Waals surface area contributed by atoms with Crippen LogP contribution in [-0.4, -0.2) is 4.98 Å². The normalized spacial score (nSPS) is 10.8. The van der Waals surface area contributed by atoms with E-state index in [-0.39, 0.29) is 0 Å². The van der Waals surface area contributed by atoms with E-state index in [9.17, 15) is 0 Å². The summed E-state index contributed by atoms with van der Waals surface area (Å²) in [6.07, 6.45) is 1.71. The molecular weight excluding hydrogens is 352 g/mol. The first kappa shape index (κ1) is 14.2. The maximum absolute atomic E-state index is 6.21. The highest BCUT2D eigenvalue weighted by atomic mass is 79.9. The number of nitrogens with two attached hydrogens (primary N) is 1. The summed E-state index contributed by atoms with van der Waals surface area (Å²) >= 11 is 9.61. The molecule has 0 aliphatic heterocycles. The summed E-state index contributed by atoms with van der Waals surface area (Å²) in [5.41, 5.74) is 8.43. The molecule has 0 unspecified atom stereocenters. The highest BCUT2D eigenvalue weighted by Crippen LogP contribution is 2.35. The first-order valence-corrected chi connectivity index (χ1v) is 7.49. The molecule has 3 nitrogen and oxygen atoms in total. The molecule has 2 aromatic carbocycles. The number of hydrogen-bond donors (Lipinski definition) is 1. The monoisotopic (exact) mass is 362 g/mol. The second-order valence-corrected chi connectivity index (χ2v) is 6.06. The lowest BCUT2D eigenvalue weighted by molar-refractivity contribution is 0.487. The van der Waals surface area contributed by atoms with Gasteiger partial charge in [-0.3, -0.25) is 4.98 Å². The molecule has 0 amide bonds. The molecule has 0 fully saturated rings. The zero-order valence-corrected chi connectivity index (χ0v) is 13.6. The molecule has 2 N–H and O–H groups in total. The summed E-state index contributed by atoms with van der Waals surface area (Å²) < 4.78 is 6.77. The van der Waals surface area contributed by atoms with E-state index in [4.69, 9.17) is 22.1 Å². The standard InChI is InChI=1S/C16H12BrClN2O/c1-9-2-4-14(12(18)6-9)21-15-5-3-13(19)11-7-10(17)8-20-16(11)15/h2-8H,19H2,1H3. The smallest absolute Gasteiger partial charge is 0.153 e. The molecule has 5 heteroatoms. The summed E-state index contributed by atoms with van der Waals surface area (Å²) in [4.78, 5) is 4.39. The Morgan fingerprint density at radius 3 is 2.67 bits per heavy atom. The third kappa shape index (κ3) is 2.82. The Labute approximate surface area is 135 Å². The fourth-order valence-corrected chi connectivity index (χ4v) is 2.68. The van der Waals surface area contributed by atoms with Gasteiger partial charge in [-0.25, -0.2) is 0 Å². The van der Waals surface area contributed by atoms with Gasteiger partial charge in [0.2, 0.25) is 0 Å². The minimum absolute atomic E-state index is 0.567. The molecule has 0 saturated carbocycles. The number of hydrogen-bond acceptors (Lipinski definition) is 3. The third-order valence-corrected chi connectivity index (χ3v) is 3.85.